The average Bonchev–Trinajstić information content (AvgIpc) is 2.29. The van der Waals surface area contributed by atoms with E-state index >= 15 is 0 Å². The molecule has 0 amide bonds. The van der Waals surface area contributed by atoms with Crippen LogP contribution in [0.4, 0.5) is 0 Å². The number of hydrogen-bond donors (Lipinski definition) is 1. The van der Waals surface area contributed by atoms with Crippen molar-refractivity contribution in [3.63, 3.8) is 0 Å². The molecule has 17 heavy (non-hydrogen) atoms. The molecule has 0 aromatic carbocycles. The van der Waals surface area contributed by atoms with Crippen LogP contribution in [-0.4, -0.2) is 43.3 Å². The summed E-state index contributed by atoms with van der Waals surface area (Å²) in [5, 5.41) is 0. The van der Waals surface area contributed by atoms with Crippen molar-refractivity contribution in [2.45, 2.75) is 58.2 Å². The van der Waals surface area contributed by atoms with Crippen LogP contribution in [-0.2, 0) is 4.74 Å². The highest BCUT2D eigenvalue weighted by Gasteiger charge is 2.34. The van der Waals surface area contributed by atoms with Gasteiger partial charge >= 0.3 is 0 Å². The second-order valence-electron chi connectivity index (χ2n) is 6.22. The third kappa shape index (κ3) is 3.43. The largest absolute Gasteiger partial charge is 0.373 e. The minimum absolute atomic E-state index is 0.372. The van der Waals surface area contributed by atoms with Gasteiger partial charge in [0.2, 0.25) is 0 Å². The third-order valence-electron chi connectivity index (χ3n) is 4.40. The molecule has 3 heteroatoms. The van der Waals surface area contributed by atoms with Gasteiger partial charge in [-0.15, -0.1) is 0 Å². The van der Waals surface area contributed by atoms with Crippen molar-refractivity contribution in [2.24, 2.45) is 11.1 Å². The molecular formula is C14H28N2O. The molecule has 3 nitrogen and oxygen atoms in total. The van der Waals surface area contributed by atoms with Crippen molar-refractivity contribution < 1.29 is 4.74 Å². The van der Waals surface area contributed by atoms with E-state index in [0.29, 0.717) is 17.6 Å². The Morgan fingerprint density at radius 3 is 2.24 bits per heavy atom. The molecule has 0 bridgehead atoms. The van der Waals surface area contributed by atoms with Crippen LogP contribution in [0.15, 0.2) is 0 Å². The fourth-order valence-electron chi connectivity index (χ4n) is 3.62. The lowest BCUT2D eigenvalue weighted by Gasteiger charge is -2.44. The van der Waals surface area contributed by atoms with Gasteiger partial charge in [-0.25, -0.2) is 0 Å². The van der Waals surface area contributed by atoms with E-state index in [1.807, 2.05) is 0 Å². The summed E-state index contributed by atoms with van der Waals surface area (Å²) in [5.41, 5.74) is 6.46. The van der Waals surface area contributed by atoms with Crippen LogP contribution >= 0.6 is 0 Å². The van der Waals surface area contributed by atoms with Crippen LogP contribution < -0.4 is 5.73 Å². The maximum atomic E-state index is 6.07. The van der Waals surface area contributed by atoms with E-state index < -0.39 is 0 Å². The summed E-state index contributed by atoms with van der Waals surface area (Å²) in [7, 11) is 0. The molecule has 0 aromatic rings. The number of ether oxygens (including phenoxy) is 1. The fourth-order valence-corrected chi connectivity index (χ4v) is 3.62. The van der Waals surface area contributed by atoms with Gasteiger partial charge in [0.05, 0.1) is 12.2 Å². The SMILES string of the molecule is C[C@@H]1CN(CC2(CN)CCCCC2)C[C@H](C)O1. The zero-order chi connectivity index (χ0) is 12.3. The first-order valence-corrected chi connectivity index (χ1v) is 7.21. The lowest BCUT2D eigenvalue weighted by atomic mass is 9.73. The molecule has 2 rings (SSSR count). The van der Waals surface area contributed by atoms with Crippen molar-refractivity contribution in [3.05, 3.63) is 0 Å². The second kappa shape index (κ2) is 5.68. The van der Waals surface area contributed by atoms with Gasteiger partial charge in [0, 0.05) is 19.6 Å². The normalized spacial score (nSPS) is 34.8. The van der Waals surface area contributed by atoms with Gasteiger partial charge in [0.25, 0.3) is 0 Å². The average molecular weight is 240 g/mol. The number of nitrogens with two attached hydrogens (primary N) is 1. The summed E-state index contributed by atoms with van der Waals surface area (Å²) in [5.74, 6) is 0. The number of hydrogen-bond acceptors (Lipinski definition) is 3. The number of nitrogens with zero attached hydrogens (tertiary/aromatic N) is 1. The zero-order valence-corrected chi connectivity index (χ0v) is 11.5. The summed E-state index contributed by atoms with van der Waals surface area (Å²) in [6.07, 6.45) is 7.53. The molecule has 1 aliphatic carbocycles. The molecular weight excluding hydrogens is 212 g/mol. The van der Waals surface area contributed by atoms with E-state index in [0.717, 1.165) is 19.6 Å². The summed E-state index contributed by atoms with van der Waals surface area (Å²) in [4.78, 5) is 2.58. The Balaban J connectivity index is 1.93. The Bertz CT molecular complexity index is 228. The predicted molar refractivity (Wildman–Crippen MR) is 71.0 cm³/mol. The molecule has 1 heterocycles. The smallest absolute Gasteiger partial charge is 0.0678 e. The van der Waals surface area contributed by atoms with E-state index in [1.165, 1.54) is 38.6 Å². The summed E-state index contributed by atoms with van der Waals surface area (Å²) < 4.78 is 5.80. The molecule has 2 N–H and O–H groups in total. The predicted octanol–water partition coefficient (Wildman–Crippen LogP) is 2.00. The summed E-state index contributed by atoms with van der Waals surface area (Å²) in [6, 6.07) is 0. The second-order valence-corrected chi connectivity index (χ2v) is 6.22. The molecule has 100 valence electrons. The molecule has 0 aromatic heterocycles. The highest BCUT2D eigenvalue weighted by Crippen LogP contribution is 2.36. The van der Waals surface area contributed by atoms with E-state index in [1.54, 1.807) is 0 Å². The lowest BCUT2D eigenvalue weighted by Crippen LogP contribution is -2.51. The first kappa shape index (κ1) is 13.3. The van der Waals surface area contributed by atoms with Gasteiger partial charge in [0.1, 0.15) is 0 Å². The topological polar surface area (TPSA) is 38.5 Å². The molecule has 2 aliphatic rings. The van der Waals surface area contributed by atoms with Crippen molar-refractivity contribution >= 4 is 0 Å². The summed E-state index contributed by atoms with van der Waals surface area (Å²) >= 11 is 0. The monoisotopic (exact) mass is 240 g/mol. The van der Waals surface area contributed by atoms with Crippen LogP contribution in [0.2, 0.25) is 0 Å². The maximum Gasteiger partial charge on any atom is 0.0678 e. The fraction of sp³-hybridized carbons (Fsp3) is 1.00. The standard InChI is InChI=1S/C14H28N2O/c1-12-8-16(9-13(2)17-12)11-14(10-15)6-4-3-5-7-14/h12-13H,3-11,15H2,1-2H3/t12-,13+. The Morgan fingerprint density at radius 1 is 1.12 bits per heavy atom. The molecule has 0 spiro atoms. The highest BCUT2D eigenvalue weighted by molar-refractivity contribution is 4.88. The van der Waals surface area contributed by atoms with Gasteiger partial charge in [-0.1, -0.05) is 19.3 Å². The third-order valence-corrected chi connectivity index (χ3v) is 4.40. The molecule has 0 radical (unpaired) electrons. The first-order valence-electron chi connectivity index (χ1n) is 7.21. The van der Waals surface area contributed by atoms with Gasteiger partial charge in [0.15, 0.2) is 0 Å². The Labute approximate surface area is 106 Å². The van der Waals surface area contributed by atoms with E-state index in [-0.39, 0.29) is 0 Å². The van der Waals surface area contributed by atoms with Gasteiger partial charge in [-0.3, -0.25) is 4.90 Å². The number of morpholine rings is 1. The minimum atomic E-state index is 0.372. The zero-order valence-electron chi connectivity index (χ0n) is 11.5. The molecule has 1 aliphatic heterocycles. The van der Waals surface area contributed by atoms with Crippen LogP contribution in [0.3, 0.4) is 0 Å². The molecule has 1 saturated carbocycles. The van der Waals surface area contributed by atoms with Gasteiger partial charge in [-0.2, -0.15) is 0 Å². The van der Waals surface area contributed by atoms with Crippen LogP contribution in [0.5, 0.6) is 0 Å². The molecule has 2 fully saturated rings. The van der Waals surface area contributed by atoms with Gasteiger partial charge < -0.3 is 10.5 Å². The van der Waals surface area contributed by atoms with Crippen LogP contribution in [0, 0.1) is 5.41 Å². The van der Waals surface area contributed by atoms with Gasteiger partial charge in [-0.05, 0) is 38.6 Å². The van der Waals surface area contributed by atoms with E-state index in [9.17, 15) is 0 Å². The lowest BCUT2D eigenvalue weighted by molar-refractivity contribution is -0.0797. The Hall–Kier alpha value is -0.120. The van der Waals surface area contributed by atoms with Crippen LogP contribution in [0.25, 0.3) is 0 Å². The van der Waals surface area contributed by atoms with E-state index in [4.69, 9.17) is 10.5 Å². The summed E-state index contributed by atoms with van der Waals surface area (Å²) in [6.45, 7) is 8.55. The van der Waals surface area contributed by atoms with Crippen molar-refractivity contribution in [2.75, 3.05) is 26.2 Å². The Morgan fingerprint density at radius 2 is 1.71 bits per heavy atom. The molecule has 2 atom stereocenters. The van der Waals surface area contributed by atoms with Crippen molar-refractivity contribution in [1.29, 1.82) is 0 Å². The van der Waals surface area contributed by atoms with E-state index in [2.05, 4.69) is 18.7 Å². The van der Waals surface area contributed by atoms with Crippen molar-refractivity contribution in [3.8, 4) is 0 Å². The highest BCUT2D eigenvalue weighted by atomic mass is 16.5. The quantitative estimate of drug-likeness (QED) is 0.820. The van der Waals surface area contributed by atoms with Crippen molar-refractivity contribution in [1.82, 2.24) is 4.90 Å². The number of rotatable bonds is 3. The minimum Gasteiger partial charge on any atom is -0.373 e. The first-order chi connectivity index (χ1) is 8.13. The molecule has 1 saturated heterocycles. The Kier molecular flexibility index (Phi) is 4.45. The van der Waals surface area contributed by atoms with Crippen LogP contribution in [0.1, 0.15) is 46.0 Å². The maximum absolute atomic E-state index is 6.07. The molecule has 0 unspecified atom stereocenters.